The number of sulfonamides is 1. The van der Waals surface area contributed by atoms with E-state index in [1.54, 1.807) is 24.5 Å². The van der Waals surface area contributed by atoms with Crippen LogP contribution < -0.4 is 5.63 Å². The third-order valence-corrected chi connectivity index (χ3v) is 6.38. The maximum Gasteiger partial charge on any atom is 0.336 e. The molecule has 1 aliphatic heterocycles. The van der Waals surface area contributed by atoms with Gasteiger partial charge in [-0.25, -0.2) is 18.2 Å². The second-order valence-corrected chi connectivity index (χ2v) is 8.17. The Bertz CT molecular complexity index is 1110. The molecule has 28 heavy (non-hydrogen) atoms. The largest absolute Gasteiger partial charge is 0.483 e. The first kappa shape index (κ1) is 19.8. The van der Waals surface area contributed by atoms with E-state index in [4.69, 9.17) is 14.3 Å². The van der Waals surface area contributed by atoms with E-state index in [9.17, 15) is 13.2 Å². The zero-order valence-corrected chi connectivity index (χ0v) is 15.6. The molecule has 1 aliphatic rings. The van der Waals surface area contributed by atoms with Gasteiger partial charge in [-0.05, 0) is 37.1 Å². The van der Waals surface area contributed by atoms with Gasteiger partial charge in [-0.15, -0.1) is 0 Å². The fraction of sp³-hybridized carbons (Fsp3) is 0.278. The Morgan fingerprint density at radius 2 is 2.07 bits per heavy atom. The Labute approximate surface area is 160 Å². The van der Waals surface area contributed by atoms with Crippen LogP contribution >= 0.6 is 0 Å². The third-order valence-electron chi connectivity index (χ3n) is 4.52. The number of carboxylic acid groups (broad SMARTS) is 1. The minimum Gasteiger partial charge on any atom is -0.483 e. The summed E-state index contributed by atoms with van der Waals surface area (Å²) >= 11 is 0. The minimum atomic E-state index is -3.62. The molecule has 1 unspecified atom stereocenters. The van der Waals surface area contributed by atoms with Gasteiger partial charge in [0, 0.05) is 42.9 Å². The summed E-state index contributed by atoms with van der Waals surface area (Å²) in [6.07, 6.45) is 5.12. The highest BCUT2D eigenvalue weighted by Crippen LogP contribution is 2.29. The topological polar surface area (TPSA) is 134 Å². The molecule has 3 heterocycles. The number of hydrogen-bond donors (Lipinski definition) is 2. The van der Waals surface area contributed by atoms with E-state index in [2.05, 4.69) is 9.97 Å². The first-order chi connectivity index (χ1) is 13.5. The van der Waals surface area contributed by atoms with Crippen LogP contribution in [0, 0.1) is 0 Å². The summed E-state index contributed by atoms with van der Waals surface area (Å²) in [4.78, 5) is 27.2. The molecule has 2 aromatic heterocycles. The van der Waals surface area contributed by atoms with E-state index in [-0.39, 0.29) is 17.3 Å². The standard InChI is InChI=1S/C17H17N3O4S.CH2O2/c21-16-6-3-12-10-14(4-5-15(12)24-16)25(22,23)20-9-1-2-13(11-20)17-18-7-8-19-17;2-1-3/h3-8,10,13H,1-2,9,11H2,(H,18,19);1H,(H,2,3). The fourth-order valence-electron chi connectivity index (χ4n) is 3.24. The van der Waals surface area contributed by atoms with Crippen molar-refractivity contribution in [3.05, 3.63) is 59.0 Å². The number of rotatable bonds is 3. The van der Waals surface area contributed by atoms with Crippen molar-refractivity contribution < 1.29 is 22.7 Å². The summed E-state index contributed by atoms with van der Waals surface area (Å²) in [7, 11) is -3.62. The lowest BCUT2D eigenvalue weighted by Gasteiger charge is -2.31. The number of nitrogens with one attached hydrogen (secondary N) is 1. The van der Waals surface area contributed by atoms with Gasteiger partial charge in [0.1, 0.15) is 11.4 Å². The van der Waals surface area contributed by atoms with E-state index in [0.717, 1.165) is 18.7 Å². The predicted octanol–water partition coefficient (Wildman–Crippen LogP) is 1.79. The summed E-state index contributed by atoms with van der Waals surface area (Å²) in [5.74, 6) is 0.886. The van der Waals surface area contributed by atoms with Gasteiger partial charge in [0.25, 0.3) is 6.47 Å². The molecular weight excluding hydrogens is 386 g/mol. The van der Waals surface area contributed by atoms with Crippen molar-refractivity contribution in [2.24, 2.45) is 0 Å². The maximum atomic E-state index is 13.0. The molecule has 2 N–H and O–H groups in total. The fourth-order valence-corrected chi connectivity index (χ4v) is 4.80. The number of hydrogen-bond acceptors (Lipinski definition) is 6. The van der Waals surface area contributed by atoms with Crippen molar-refractivity contribution in [1.29, 1.82) is 0 Å². The van der Waals surface area contributed by atoms with Crippen LogP contribution in [0.2, 0.25) is 0 Å². The van der Waals surface area contributed by atoms with Crippen LogP contribution in [0.1, 0.15) is 24.6 Å². The first-order valence-electron chi connectivity index (χ1n) is 8.57. The highest BCUT2D eigenvalue weighted by Gasteiger charge is 2.32. The number of imidazole rings is 1. The summed E-state index contributed by atoms with van der Waals surface area (Å²) < 4.78 is 32.6. The molecule has 1 aromatic carbocycles. The Balaban J connectivity index is 0.000000706. The second-order valence-electron chi connectivity index (χ2n) is 6.24. The van der Waals surface area contributed by atoms with Crippen LogP contribution in [0.15, 0.2) is 56.8 Å². The molecule has 1 fully saturated rings. The maximum absolute atomic E-state index is 13.0. The lowest BCUT2D eigenvalue weighted by Crippen LogP contribution is -2.39. The van der Waals surface area contributed by atoms with Crippen LogP contribution in [0.5, 0.6) is 0 Å². The Morgan fingerprint density at radius 1 is 1.29 bits per heavy atom. The average molecular weight is 405 g/mol. The quantitative estimate of drug-likeness (QED) is 0.501. The molecule has 1 atom stereocenters. The monoisotopic (exact) mass is 405 g/mol. The zero-order valence-electron chi connectivity index (χ0n) is 14.8. The van der Waals surface area contributed by atoms with Crippen LogP contribution in [0.3, 0.4) is 0 Å². The number of benzene rings is 1. The number of aromatic amines is 1. The third kappa shape index (κ3) is 4.12. The van der Waals surface area contributed by atoms with Crippen molar-refractivity contribution in [1.82, 2.24) is 14.3 Å². The van der Waals surface area contributed by atoms with Crippen molar-refractivity contribution in [2.45, 2.75) is 23.7 Å². The summed E-state index contributed by atoms with van der Waals surface area (Å²) in [6.45, 7) is 0.638. The van der Waals surface area contributed by atoms with E-state index in [0.29, 0.717) is 24.1 Å². The number of nitrogens with zero attached hydrogens (tertiary/aromatic N) is 2. The van der Waals surface area contributed by atoms with Gasteiger partial charge in [0.2, 0.25) is 10.0 Å². The molecule has 4 rings (SSSR count). The smallest absolute Gasteiger partial charge is 0.336 e. The molecule has 0 aliphatic carbocycles. The highest BCUT2D eigenvalue weighted by molar-refractivity contribution is 7.89. The van der Waals surface area contributed by atoms with Crippen LogP contribution in [-0.4, -0.2) is 47.4 Å². The average Bonchev–Trinajstić information content (AvgIpc) is 3.23. The van der Waals surface area contributed by atoms with Gasteiger partial charge >= 0.3 is 5.63 Å². The molecule has 9 nitrogen and oxygen atoms in total. The number of carbonyl (C=O) groups is 1. The van der Waals surface area contributed by atoms with E-state index in [1.807, 2.05) is 0 Å². The SMILES string of the molecule is O=CO.O=c1ccc2cc(S(=O)(=O)N3CCCC(c4ncc[nH]4)C3)ccc2o1. The van der Waals surface area contributed by atoms with Crippen molar-refractivity contribution in [2.75, 3.05) is 13.1 Å². The Kier molecular flexibility index (Phi) is 5.90. The number of piperidine rings is 1. The summed E-state index contributed by atoms with van der Waals surface area (Å²) in [6, 6.07) is 7.41. The number of H-pyrrole nitrogens is 1. The molecule has 0 radical (unpaired) electrons. The summed E-state index contributed by atoms with van der Waals surface area (Å²) in [5, 5.41) is 7.47. The zero-order chi connectivity index (χ0) is 20.1. The van der Waals surface area contributed by atoms with Crippen LogP contribution in [-0.2, 0) is 14.8 Å². The number of fused-ring (bicyclic) bond motifs is 1. The molecule has 1 saturated heterocycles. The van der Waals surface area contributed by atoms with E-state index in [1.165, 1.54) is 22.5 Å². The van der Waals surface area contributed by atoms with Crippen LogP contribution in [0.4, 0.5) is 0 Å². The van der Waals surface area contributed by atoms with Gasteiger partial charge < -0.3 is 14.5 Å². The predicted molar refractivity (Wildman–Crippen MR) is 100 cm³/mol. The lowest BCUT2D eigenvalue weighted by atomic mass is 9.99. The molecule has 0 saturated carbocycles. The summed E-state index contributed by atoms with van der Waals surface area (Å²) in [5.41, 5.74) is -0.0843. The molecule has 0 spiro atoms. The second kappa shape index (κ2) is 8.36. The molecule has 0 bridgehead atoms. The van der Waals surface area contributed by atoms with Crippen LogP contribution in [0.25, 0.3) is 11.0 Å². The van der Waals surface area contributed by atoms with Gasteiger partial charge in [-0.3, -0.25) is 4.79 Å². The van der Waals surface area contributed by atoms with Gasteiger partial charge in [0.05, 0.1) is 4.90 Å². The first-order valence-corrected chi connectivity index (χ1v) is 10.0. The Morgan fingerprint density at radius 3 is 2.79 bits per heavy atom. The van der Waals surface area contributed by atoms with Crippen molar-refractivity contribution in [3.8, 4) is 0 Å². The normalized spacial score (nSPS) is 17.6. The van der Waals surface area contributed by atoms with Gasteiger partial charge in [0.15, 0.2) is 0 Å². The minimum absolute atomic E-state index is 0.0667. The number of aromatic nitrogens is 2. The molecular formula is C18H19N3O6S. The molecule has 148 valence electrons. The molecule has 0 amide bonds. The highest BCUT2D eigenvalue weighted by atomic mass is 32.2. The lowest BCUT2D eigenvalue weighted by molar-refractivity contribution is -0.122. The van der Waals surface area contributed by atoms with E-state index >= 15 is 0 Å². The van der Waals surface area contributed by atoms with Crippen molar-refractivity contribution in [3.63, 3.8) is 0 Å². The van der Waals surface area contributed by atoms with Gasteiger partial charge in [-0.1, -0.05) is 0 Å². The molecule has 10 heteroatoms. The molecule has 3 aromatic rings. The van der Waals surface area contributed by atoms with E-state index < -0.39 is 15.6 Å². The van der Waals surface area contributed by atoms with Gasteiger partial charge in [-0.2, -0.15) is 4.31 Å². The Hall–Kier alpha value is -2.98. The van der Waals surface area contributed by atoms with Crippen molar-refractivity contribution >= 4 is 27.5 Å².